The van der Waals surface area contributed by atoms with Crippen LogP contribution < -0.4 is 9.46 Å². The second-order valence-corrected chi connectivity index (χ2v) is 8.76. The Balaban J connectivity index is 3.05. The molecule has 1 rings (SSSR count). The monoisotopic (exact) mass is 420 g/mol. The van der Waals surface area contributed by atoms with E-state index in [0.717, 1.165) is 35.7 Å². The van der Waals surface area contributed by atoms with E-state index in [4.69, 9.17) is 16.3 Å². The first kappa shape index (κ1) is 23.4. The maximum Gasteiger partial charge on any atom is 0.303 e. The molecule has 0 aromatic heterocycles. The van der Waals surface area contributed by atoms with E-state index in [0.29, 0.717) is 6.61 Å². The fourth-order valence-electron chi connectivity index (χ4n) is 2.42. The molecule has 0 radical (unpaired) electrons. The molecule has 1 aromatic rings. The first-order valence-electron chi connectivity index (χ1n) is 8.49. The standard InChI is InChI=1S/C18H26ClFN2O4S/c1-6-9-18(7-2,8-3)12-26-16-11-15(20)13(10-14(16)19)17(23)21-27(24,25)22(4)5/h6,10-11H,1,7-9,12H2,2-5H3,(H,21,23). The number of amides is 1. The lowest BCUT2D eigenvalue weighted by Crippen LogP contribution is -2.39. The predicted octanol–water partition coefficient (Wildman–Crippen LogP) is 3.78. The zero-order chi connectivity index (χ0) is 20.8. The highest BCUT2D eigenvalue weighted by Crippen LogP contribution is 2.34. The van der Waals surface area contributed by atoms with Crippen LogP contribution in [0.3, 0.4) is 0 Å². The molecule has 1 N–H and O–H groups in total. The number of ether oxygens (including phenoxy) is 1. The number of nitrogens with zero attached hydrogens (tertiary/aromatic N) is 1. The van der Waals surface area contributed by atoms with Gasteiger partial charge in [0, 0.05) is 25.6 Å². The van der Waals surface area contributed by atoms with Gasteiger partial charge in [-0.3, -0.25) is 4.79 Å². The Morgan fingerprint density at radius 1 is 1.37 bits per heavy atom. The van der Waals surface area contributed by atoms with Gasteiger partial charge >= 0.3 is 10.2 Å². The third kappa shape index (κ3) is 5.92. The van der Waals surface area contributed by atoms with E-state index in [-0.39, 0.29) is 16.2 Å². The molecular weight excluding hydrogens is 395 g/mol. The van der Waals surface area contributed by atoms with Crippen LogP contribution in [-0.2, 0) is 10.2 Å². The van der Waals surface area contributed by atoms with Gasteiger partial charge in [0.2, 0.25) is 0 Å². The van der Waals surface area contributed by atoms with Crippen LogP contribution in [-0.4, -0.2) is 39.3 Å². The van der Waals surface area contributed by atoms with Crippen LogP contribution in [0.15, 0.2) is 24.8 Å². The fourth-order valence-corrected chi connectivity index (χ4v) is 3.16. The minimum absolute atomic E-state index is 0.0171. The summed E-state index contributed by atoms with van der Waals surface area (Å²) in [7, 11) is -1.56. The van der Waals surface area contributed by atoms with Crippen molar-refractivity contribution in [2.45, 2.75) is 33.1 Å². The topological polar surface area (TPSA) is 75.7 Å². The lowest BCUT2D eigenvalue weighted by Gasteiger charge is -2.30. The summed E-state index contributed by atoms with van der Waals surface area (Å²) in [6.45, 7) is 8.15. The van der Waals surface area contributed by atoms with Crippen molar-refractivity contribution in [1.29, 1.82) is 0 Å². The summed E-state index contributed by atoms with van der Waals surface area (Å²) in [5.41, 5.74) is -0.627. The molecule has 9 heteroatoms. The van der Waals surface area contributed by atoms with Crippen LogP contribution in [0.1, 0.15) is 43.5 Å². The molecule has 27 heavy (non-hydrogen) atoms. The normalized spacial score (nSPS) is 12.1. The molecule has 0 fully saturated rings. The summed E-state index contributed by atoms with van der Waals surface area (Å²) in [6.07, 6.45) is 4.25. The van der Waals surface area contributed by atoms with Gasteiger partial charge in [-0.15, -0.1) is 6.58 Å². The van der Waals surface area contributed by atoms with E-state index >= 15 is 0 Å². The third-order valence-corrected chi connectivity index (χ3v) is 6.28. The molecule has 0 aliphatic carbocycles. The number of allylic oxidation sites excluding steroid dienone is 1. The summed E-state index contributed by atoms with van der Waals surface area (Å²) in [5.74, 6) is -1.95. The summed E-state index contributed by atoms with van der Waals surface area (Å²) in [6, 6.07) is 2.04. The van der Waals surface area contributed by atoms with E-state index in [1.54, 1.807) is 4.72 Å². The molecule has 0 atom stereocenters. The highest BCUT2D eigenvalue weighted by Gasteiger charge is 2.27. The molecule has 0 aliphatic rings. The van der Waals surface area contributed by atoms with Gasteiger partial charge in [0.25, 0.3) is 5.91 Å². The van der Waals surface area contributed by atoms with Crippen molar-refractivity contribution in [3.05, 3.63) is 41.2 Å². The van der Waals surface area contributed by atoms with Crippen molar-refractivity contribution < 1.29 is 22.3 Å². The maximum atomic E-state index is 14.4. The number of carbonyl (C=O) groups excluding carboxylic acids is 1. The maximum absolute atomic E-state index is 14.4. The smallest absolute Gasteiger partial charge is 0.303 e. The van der Waals surface area contributed by atoms with Gasteiger partial charge in [-0.05, 0) is 25.3 Å². The van der Waals surface area contributed by atoms with E-state index < -0.39 is 27.5 Å². The average molecular weight is 421 g/mol. The molecule has 0 aliphatic heterocycles. The van der Waals surface area contributed by atoms with Gasteiger partial charge in [0.1, 0.15) is 11.6 Å². The number of carbonyl (C=O) groups is 1. The molecule has 0 saturated heterocycles. The Bertz CT molecular complexity index is 793. The number of benzene rings is 1. The van der Waals surface area contributed by atoms with Gasteiger partial charge in [0.15, 0.2) is 0 Å². The highest BCUT2D eigenvalue weighted by molar-refractivity contribution is 7.87. The predicted molar refractivity (Wildman–Crippen MR) is 105 cm³/mol. The van der Waals surface area contributed by atoms with Crippen LogP contribution in [0.5, 0.6) is 5.75 Å². The number of hydrogen-bond acceptors (Lipinski definition) is 4. The summed E-state index contributed by atoms with van der Waals surface area (Å²) >= 11 is 6.12. The van der Waals surface area contributed by atoms with E-state index in [1.165, 1.54) is 14.1 Å². The van der Waals surface area contributed by atoms with Crippen molar-refractivity contribution in [3.8, 4) is 5.75 Å². The number of halogens is 2. The van der Waals surface area contributed by atoms with Gasteiger partial charge in [-0.2, -0.15) is 12.7 Å². The zero-order valence-corrected chi connectivity index (χ0v) is 17.6. The average Bonchev–Trinajstić information content (AvgIpc) is 2.60. The van der Waals surface area contributed by atoms with Gasteiger partial charge in [-0.1, -0.05) is 31.5 Å². The zero-order valence-electron chi connectivity index (χ0n) is 16.0. The van der Waals surface area contributed by atoms with Crippen molar-refractivity contribution in [1.82, 2.24) is 9.03 Å². The fraction of sp³-hybridized carbons (Fsp3) is 0.500. The molecule has 152 valence electrons. The Morgan fingerprint density at radius 3 is 2.44 bits per heavy atom. The van der Waals surface area contributed by atoms with Crippen molar-refractivity contribution in [2.24, 2.45) is 5.41 Å². The Labute approximate surface area is 165 Å². The molecule has 6 nitrogen and oxygen atoms in total. The Kier molecular flexibility index (Phi) is 8.25. The van der Waals surface area contributed by atoms with Crippen LogP contribution in [0.4, 0.5) is 4.39 Å². The van der Waals surface area contributed by atoms with Crippen LogP contribution in [0.2, 0.25) is 5.02 Å². The summed E-state index contributed by atoms with van der Waals surface area (Å²) in [5, 5.41) is 0.0171. The molecule has 1 amide bonds. The summed E-state index contributed by atoms with van der Waals surface area (Å²) in [4.78, 5) is 12.1. The second kappa shape index (κ2) is 9.52. The van der Waals surface area contributed by atoms with E-state index in [1.807, 2.05) is 19.9 Å². The number of nitrogens with one attached hydrogen (secondary N) is 1. The highest BCUT2D eigenvalue weighted by atomic mass is 35.5. The first-order chi connectivity index (χ1) is 12.5. The molecule has 1 aromatic carbocycles. The van der Waals surface area contributed by atoms with Gasteiger partial charge in [0.05, 0.1) is 17.2 Å². The van der Waals surface area contributed by atoms with Crippen LogP contribution in [0, 0.1) is 11.2 Å². The SMILES string of the molecule is C=CCC(CC)(CC)COc1cc(F)c(C(=O)NS(=O)(=O)N(C)C)cc1Cl. The number of hydrogen-bond donors (Lipinski definition) is 1. The molecule has 0 spiro atoms. The minimum Gasteiger partial charge on any atom is -0.491 e. The molecular formula is C18H26ClFN2O4S. The number of rotatable bonds is 10. The summed E-state index contributed by atoms with van der Waals surface area (Å²) < 4.78 is 46.1. The van der Waals surface area contributed by atoms with Gasteiger partial charge in [-0.25, -0.2) is 9.11 Å². The van der Waals surface area contributed by atoms with Crippen molar-refractivity contribution in [3.63, 3.8) is 0 Å². The molecule has 0 bridgehead atoms. The van der Waals surface area contributed by atoms with Gasteiger partial charge < -0.3 is 4.74 Å². The second-order valence-electron chi connectivity index (χ2n) is 6.47. The minimum atomic E-state index is -4.04. The lowest BCUT2D eigenvalue weighted by atomic mass is 9.80. The van der Waals surface area contributed by atoms with Crippen molar-refractivity contribution in [2.75, 3.05) is 20.7 Å². The lowest BCUT2D eigenvalue weighted by molar-refractivity contribution is 0.0975. The molecule has 0 unspecified atom stereocenters. The first-order valence-corrected chi connectivity index (χ1v) is 10.3. The Morgan fingerprint density at radius 2 is 1.96 bits per heavy atom. The van der Waals surface area contributed by atoms with E-state index in [9.17, 15) is 17.6 Å². The van der Waals surface area contributed by atoms with Crippen LogP contribution in [0.25, 0.3) is 0 Å². The van der Waals surface area contributed by atoms with Crippen molar-refractivity contribution >= 4 is 27.7 Å². The molecule has 0 heterocycles. The van der Waals surface area contributed by atoms with E-state index in [2.05, 4.69) is 6.58 Å². The molecule has 0 saturated carbocycles. The largest absolute Gasteiger partial charge is 0.491 e. The third-order valence-electron chi connectivity index (χ3n) is 4.58. The quantitative estimate of drug-likeness (QED) is 0.584. The Hall–Kier alpha value is -1.64. The van der Waals surface area contributed by atoms with Crippen LogP contribution >= 0.6 is 11.6 Å².